The fourth-order valence-corrected chi connectivity index (χ4v) is 2.61. The van der Waals surface area contributed by atoms with E-state index in [1.165, 1.54) is 30.3 Å². The zero-order chi connectivity index (χ0) is 19.8. The third-order valence-corrected chi connectivity index (χ3v) is 4.14. The first-order chi connectivity index (χ1) is 13.0. The van der Waals surface area contributed by atoms with E-state index in [-0.39, 0.29) is 22.7 Å². The van der Waals surface area contributed by atoms with Crippen molar-refractivity contribution in [2.24, 2.45) is 0 Å². The number of hydrogen-bond acceptors (Lipinski definition) is 5. The number of aromatic hydroxyl groups is 1. The number of nitriles is 1. The van der Waals surface area contributed by atoms with Gasteiger partial charge in [-0.2, -0.15) is 5.26 Å². The lowest BCUT2D eigenvalue weighted by Gasteiger charge is -2.13. The lowest BCUT2D eigenvalue weighted by molar-refractivity contribution is 0.0696. The maximum Gasteiger partial charge on any atom is 0.335 e. The number of ether oxygens (including phenoxy) is 1. The molecule has 2 rings (SSSR count). The van der Waals surface area contributed by atoms with Gasteiger partial charge in [0.05, 0.1) is 23.8 Å². The lowest BCUT2D eigenvalue weighted by Crippen LogP contribution is -2.06. The number of unbranched alkanes of at least 4 members (excludes halogenated alkanes) is 2. The number of phenolic OH excluding ortho intramolecular Hbond substituents is 1. The summed E-state index contributed by atoms with van der Waals surface area (Å²) in [5.74, 6) is -1.13. The molecular weight excluding hydrogens is 346 g/mol. The molecule has 0 aliphatic rings. The number of aryl methyl sites for hydroxylation is 1. The average molecular weight is 367 g/mol. The van der Waals surface area contributed by atoms with Crippen LogP contribution in [0.2, 0.25) is 0 Å². The van der Waals surface area contributed by atoms with Crippen LogP contribution >= 0.6 is 0 Å². The molecule has 0 aliphatic carbocycles. The van der Waals surface area contributed by atoms with Gasteiger partial charge in [0, 0.05) is 18.1 Å². The number of carbonyl (C=O) groups is 2. The number of carboxylic acids is 1. The molecule has 0 aromatic heterocycles. The van der Waals surface area contributed by atoms with Gasteiger partial charge in [-0.25, -0.2) is 4.79 Å². The van der Waals surface area contributed by atoms with Crippen molar-refractivity contribution in [2.75, 3.05) is 6.61 Å². The maximum absolute atomic E-state index is 12.7. The highest BCUT2D eigenvalue weighted by molar-refractivity contribution is 6.11. The van der Waals surface area contributed by atoms with E-state index < -0.39 is 5.97 Å². The van der Waals surface area contributed by atoms with Crippen LogP contribution in [0, 0.1) is 11.3 Å². The smallest absolute Gasteiger partial charge is 0.335 e. The van der Waals surface area contributed by atoms with Crippen LogP contribution in [0.15, 0.2) is 36.4 Å². The molecule has 27 heavy (non-hydrogen) atoms. The zero-order valence-electron chi connectivity index (χ0n) is 15.1. The van der Waals surface area contributed by atoms with Crippen LogP contribution in [0.1, 0.15) is 58.0 Å². The molecule has 0 amide bonds. The maximum atomic E-state index is 12.7. The second-order valence-corrected chi connectivity index (χ2v) is 6.01. The number of hydrogen-bond donors (Lipinski definition) is 2. The van der Waals surface area contributed by atoms with Crippen molar-refractivity contribution in [3.05, 3.63) is 58.7 Å². The minimum atomic E-state index is -1.07. The third kappa shape index (κ3) is 5.08. The van der Waals surface area contributed by atoms with E-state index >= 15 is 0 Å². The Bertz CT molecular complexity index is 865. The molecule has 6 heteroatoms. The summed E-state index contributed by atoms with van der Waals surface area (Å²) in [5.41, 5.74) is 1.32. The molecule has 2 aromatic carbocycles. The highest BCUT2D eigenvalue weighted by atomic mass is 16.5. The number of benzene rings is 2. The highest BCUT2D eigenvalue weighted by Crippen LogP contribution is 2.31. The number of carboxylic acid groups (broad SMARTS) is 1. The minimum Gasteiger partial charge on any atom is -0.507 e. The molecule has 140 valence electrons. The quantitative estimate of drug-likeness (QED) is 0.513. The molecule has 6 nitrogen and oxygen atoms in total. The van der Waals surface area contributed by atoms with Crippen molar-refractivity contribution in [1.82, 2.24) is 0 Å². The van der Waals surface area contributed by atoms with Crippen LogP contribution in [-0.2, 0) is 6.42 Å². The lowest BCUT2D eigenvalue weighted by atomic mass is 9.98. The summed E-state index contributed by atoms with van der Waals surface area (Å²) in [5, 5.41) is 27.8. The predicted octanol–water partition coefficient (Wildman–Crippen LogP) is 3.96. The van der Waals surface area contributed by atoms with Crippen LogP contribution in [0.25, 0.3) is 0 Å². The van der Waals surface area contributed by atoms with Crippen molar-refractivity contribution < 1.29 is 24.5 Å². The Hall–Kier alpha value is -3.33. The number of carbonyl (C=O) groups excluding carboxylic acids is 1. The summed E-state index contributed by atoms with van der Waals surface area (Å²) in [6, 6.07) is 10.7. The second kappa shape index (κ2) is 9.39. The average Bonchev–Trinajstić information content (AvgIpc) is 2.67. The number of aromatic carboxylic acids is 1. The standard InChI is InChI=1S/C21H21NO5/c1-2-14-12-17(18(23)13-19(14)27-11-5-3-4-10-22)20(24)15-6-8-16(9-7-15)21(25)26/h6-9,12-13,23H,2-5,11H2,1H3,(H,25,26). The Morgan fingerprint density at radius 1 is 1.11 bits per heavy atom. The van der Waals surface area contributed by atoms with Gasteiger partial charge in [-0.05, 0) is 43.0 Å². The Morgan fingerprint density at radius 2 is 1.78 bits per heavy atom. The molecular formula is C21H21NO5. The first-order valence-electron chi connectivity index (χ1n) is 8.71. The molecule has 0 radical (unpaired) electrons. The van der Waals surface area contributed by atoms with Crippen LogP contribution in [0.3, 0.4) is 0 Å². The Morgan fingerprint density at radius 3 is 2.37 bits per heavy atom. The van der Waals surface area contributed by atoms with Crippen molar-refractivity contribution in [1.29, 1.82) is 5.26 Å². The van der Waals surface area contributed by atoms with E-state index in [2.05, 4.69) is 6.07 Å². The normalized spacial score (nSPS) is 10.2. The van der Waals surface area contributed by atoms with Gasteiger partial charge >= 0.3 is 5.97 Å². The second-order valence-electron chi connectivity index (χ2n) is 6.01. The largest absolute Gasteiger partial charge is 0.507 e. The molecule has 0 atom stereocenters. The van der Waals surface area contributed by atoms with Crippen molar-refractivity contribution in [3.8, 4) is 17.6 Å². The monoisotopic (exact) mass is 367 g/mol. The molecule has 0 fully saturated rings. The van der Waals surface area contributed by atoms with E-state index in [0.717, 1.165) is 18.4 Å². The van der Waals surface area contributed by atoms with E-state index in [9.17, 15) is 14.7 Å². The fraction of sp³-hybridized carbons (Fsp3) is 0.286. The topological polar surface area (TPSA) is 108 Å². The minimum absolute atomic E-state index is 0.0881. The SMILES string of the molecule is CCc1cc(C(=O)c2ccc(C(=O)O)cc2)c(O)cc1OCCCCC#N. The molecule has 2 N–H and O–H groups in total. The first kappa shape index (κ1) is 20.0. The molecule has 0 saturated carbocycles. The summed E-state index contributed by atoms with van der Waals surface area (Å²) >= 11 is 0. The van der Waals surface area contributed by atoms with Crippen LogP contribution < -0.4 is 4.74 Å². The van der Waals surface area contributed by atoms with E-state index in [1.54, 1.807) is 6.07 Å². The zero-order valence-corrected chi connectivity index (χ0v) is 15.1. The van der Waals surface area contributed by atoms with Gasteiger partial charge < -0.3 is 14.9 Å². The summed E-state index contributed by atoms with van der Waals surface area (Å²) < 4.78 is 5.69. The summed E-state index contributed by atoms with van der Waals surface area (Å²) in [7, 11) is 0. The van der Waals surface area contributed by atoms with Gasteiger partial charge in [-0.1, -0.05) is 19.1 Å². The molecule has 0 unspecified atom stereocenters. The van der Waals surface area contributed by atoms with Gasteiger partial charge in [-0.3, -0.25) is 4.79 Å². The van der Waals surface area contributed by atoms with Crippen LogP contribution in [0.5, 0.6) is 11.5 Å². The van der Waals surface area contributed by atoms with Gasteiger partial charge in [0.25, 0.3) is 0 Å². The predicted molar refractivity (Wildman–Crippen MR) is 99.3 cm³/mol. The third-order valence-electron chi connectivity index (χ3n) is 4.14. The van der Waals surface area contributed by atoms with Gasteiger partial charge in [-0.15, -0.1) is 0 Å². The Labute approximate surface area is 157 Å². The van der Waals surface area contributed by atoms with Gasteiger partial charge in [0.15, 0.2) is 5.78 Å². The molecule has 0 bridgehead atoms. The number of rotatable bonds is 9. The molecule has 0 heterocycles. The molecule has 0 saturated heterocycles. The highest BCUT2D eigenvalue weighted by Gasteiger charge is 2.18. The number of ketones is 1. The summed E-state index contributed by atoms with van der Waals surface area (Å²) in [6.45, 7) is 2.35. The summed E-state index contributed by atoms with van der Waals surface area (Å²) in [4.78, 5) is 23.6. The molecule has 0 spiro atoms. The molecule has 2 aromatic rings. The van der Waals surface area contributed by atoms with E-state index in [4.69, 9.17) is 15.1 Å². The first-order valence-corrected chi connectivity index (χ1v) is 8.71. The fourth-order valence-electron chi connectivity index (χ4n) is 2.61. The summed E-state index contributed by atoms with van der Waals surface area (Å²) in [6.07, 6.45) is 2.57. The Kier molecular flexibility index (Phi) is 6.95. The Balaban J connectivity index is 2.20. The number of phenols is 1. The number of nitrogens with zero attached hydrogens (tertiary/aromatic N) is 1. The van der Waals surface area contributed by atoms with Crippen molar-refractivity contribution in [2.45, 2.75) is 32.6 Å². The van der Waals surface area contributed by atoms with E-state index in [0.29, 0.717) is 30.8 Å². The van der Waals surface area contributed by atoms with Crippen molar-refractivity contribution >= 4 is 11.8 Å². The van der Waals surface area contributed by atoms with E-state index in [1.807, 2.05) is 6.92 Å². The van der Waals surface area contributed by atoms with Gasteiger partial charge in [0.2, 0.25) is 0 Å². The van der Waals surface area contributed by atoms with Crippen LogP contribution in [-0.4, -0.2) is 28.6 Å². The van der Waals surface area contributed by atoms with Crippen molar-refractivity contribution in [3.63, 3.8) is 0 Å². The molecule has 0 aliphatic heterocycles. The van der Waals surface area contributed by atoms with Gasteiger partial charge in [0.1, 0.15) is 11.5 Å². The van der Waals surface area contributed by atoms with Crippen LogP contribution in [0.4, 0.5) is 0 Å².